The number of carbonyl (C=O) groups is 1. The van der Waals surface area contributed by atoms with Crippen LogP contribution in [0.4, 0.5) is 4.39 Å². The highest BCUT2D eigenvalue weighted by Crippen LogP contribution is 2.13. The fraction of sp³-hybridized carbons (Fsp3) is 0.533. The third-order valence-electron chi connectivity index (χ3n) is 2.89. The number of aryl methyl sites for hydroxylation is 1. The molecule has 1 aromatic rings. The van der Waals surface area contributed by atoms with E-state index >= 15 is 0 Å². The molecule has 0 bridgehead atoms. The van der Waals surface area contributed by atoms with Crippen molar-refractivity contribution >= 4 is 5.97 Å². The molecule has 0 radical (unpaired) electrons. The lowest BCUT2D eigenvalue weighted by Crippen LogP contribution is -2.09. The van der Waals surface area contributed by atoms with E-state index in [0.29, 0.717) is 6.61 Å². The van der Waals surface area contributed by atoms with Crippen molar-refractivity contribution in [3.05, 3.63) is 35.1 Å². The normalized spacial score (nSPS) is 10.4. The van der Waals surface area contributed by atoms with Crippen molar-refractivity contribution in [3.63, 3.8) is 0 Å². The van der Waals surface area contributed by atoms with Crippen LogP contribution in [0.2, 0.25) is 0 Å². The van der Waals surface area contributed by atoms with Gasteiger partial charge in [0.1, 0.15) is 5.82 Å². The van der Waals surface area contributed by atoms with Crippen molar-refractivity contribution in [1.82, 2.24) is 0 Å². The van der Waals surface area contributed by atoms with Crippen LogP contribution < -0.4 is 0 Å². The number of rotatable bonds is 7. The second-order valence-corrected chi connectivity index (χ2v) is 4.36. The van der Waals surface area contributed by atoms with Crippen LogP contribution in [0.1, 0.15) is 55.5 Å². The summed E-state index contributed by atoms with van der Waals surface area (Å²) in [5.74, 6) is -1.06. The highest BCUT2D eigenvalue weighted by molar-refractivity contribution is 5.89. The van der Waals surface area contributed by atoms with Gasteiger partial charge in [0.25, 0.3) is 0 Å². The summed E-state index contributed by atoms with van der Waals surface area (Å²) in [6.45, 7) is 4.46. The first-order chi connectivity index (χ1) is 8.69. The van der Waals surface area contributed by atoms with Gasteiger partial charge in [-0.3, -0.25) is 0 Å². The van der Waals surface area contributed by atoms with Crippen LogP contribution in [-0.2, 0) is 11.2 Å². The summed E-state index contributed by atoms with van der Waals surface area (Å²) >= 11 is 0. The van der Waals surface area contributed by atoms with Gasteiger partial charge in [0.15, 0.2) is 0 Å². The molecule has 2 nitrogen and oxygen atoms in total. The van der Waals surface area contributed by atoms with Crippen LogP contribution in [0.15, 0.2) is 18.2 Å². The maximum atomic E-state index is 13.5. The first-order valence-electron chi connectivity index (χ1n) is 6.64. The number of unbranched alkanes of at least 4 members (excludes halogenated alkanes) is 3. The van der Waals surface area contributed by atoms with Gasteiger partial charge in [-0.1, -0.05) is 39.2 Å². The Morgan fingerprint density at radius 1 is 1.22 bits per heavy atom. The molecule has 1 rings (SSSR count). The summed E-state index contributed by atoms with van der Waals surface area (Å²) < 4.78 is 18.6. The van der Waals surface area contributed by atoms with Crippen molar-refractivity contribution in [2.24, 2.45) is 0 Å². The molecule has 0 N–H and O–H groups in total. The van der Waals surface area contributed by atoms with E-state index in [0.717, 1.165) is 37.7 Å². The zero-order valence-corrected chi connectivity index (χ0v) is 11.2. The second kappa shape index (κ2) is 7.85. The molecule has 0 aromatic heterocycles. The second-order valence-electron chi connectivity index (χ2n) is 4.36. The number of halogens is 1. The molecular weight excluding hydrogens is 231 g/mol. The quantitative estimate of drug-likeness (QED) is 0.539. The van der Waals surface area contributed by atoms with E-state index in [1.165, 1.54) is 6.07 Å². The fourth-order valence-corrected chi connectivity index (χ4v) is 1.72. The van der Waals surface area contributed by atoms with Crippen molar-refractivity contribution in [2.75, 3.05) is 6.61 Å². The maximum Gasteiger partial charge on any atom is 0.341 e. The lowest BCUT2D eigenvalue weighted by Gasteiger charge is -2.07. The molecule has 0 saturated heterocycles. The largest absolute Gasteiger partial charge is 0.462 e. The first-order valence-corrected chi connectivity index (χ1v) is 6.64. The highest BCUT2D eigenvalue weighted by atomic mass is 19.1. The highest BCUT2D eigenvalue weighted by Gasteiger charge is 2.13. The zero-order chi connectivity index (χ0) is 13.4. The van der Waals surface area contributed by atoms with Crippen LogP contribution in [0.25, 0.3) is 0 Å². The Kier molecular flexibility index (Phi) is 6.40. The van der Waals surface area contributed by atoms with Crippen LogP contribution in [0.5, 0.6) is 0 Å². The van der Waals surface area contributed by atoms with Gasteiger partial charge < -0.3 is 4.74 Å². The molecule has 0 amide bonds. The van der Waals surface area contributed by atoms with E-state index in [-0.39, 0.29) is 5.56 Å². The molecule has 0 unspecified atom stereocenters. The summed E-state index contributed by atoms with van der Waals surface area (Å²) in [6.07, 6.45) is 4.94. The number of ether oxygens (including phenoxy) is 1. The number of esters is 1. The Bertz CT molecular complexity index is 388. The maximum absolute atomic E-state index is 13.5. The predicted molar refractivity (Wildman–Crippen MR) is 70.2 cm³/mol. The minimum Gasteiger partial charge on any atom is -0.462 e. The number of hydrogen-bond donors (Lipinski definition) is 0. The van der Waals surface area contributed by atoms with Gasteiger partial charge in [-0.15, -0.1) is 0 Å². The van der Waals surface area contributed by atoms with E-state index in [1.807, 2.05) is 6.92 Å². The smallest absolute Gasteiger partial charge is 0.341 e. The topological polar surface area (TPSA) is 26.3 Å². The van der Waals surface area contributed by atoms with Gasteiger partial charge in [-0.25, -0.2) is 9.18 Å². The van der Waals surface area contributed by atoms with Gasteiger partial charge in [0, 0.05) is 0 Å². The molecule has 100 valence electrons. The standard InChI is InChI=1S/C15H21FO2/c1-3-5-6-7-10-18-15(17)13-11-12(4-2)8-9-14(13)16/h8-9,11H,3-7,10H2,1-2H3. The molecular formula is C15H21FO2. The van der Waals surface area contributed by atoms with Crippen molar-refractivity contribution < 1.29 is 13.9 Å². The Labute approximate surface area is 108 Å². The molecule has 18 heavy (non-hydrogen) atoms. The monoisotopic (exact) mass is 252 g/mol. The lowest BCUT2D eigenvalue weighted by atomic mass is 10.1. The predicted octanol–water partition coefficient (Wildman–Crippen LogP) is 4.13. The molecule has 0 heterocycles. The molecule has 3 heteroatoms. The summed E-state index contributed by atoms with van der Waals surface area (Å²) in [4.78, 5) is 11.7. The first kappa shape index (κ1) is 14.7. The van der Waals surface area contributed by atoms with Crippen molar-refractivity contribution in [2.45, 2.75) is 46.0 Å². The van der Waals surface area contributed by atoms with Gasteiger partial charge in [-0.05, 0) is 30.5 Å². The average molecular weight is 252 g/mol. The third-order valence-corrected chi connectivity index (χ3v) is 2.89. The van der Waals surface area contributed by atoms with E-state index in [4.69, 9.17) is 4.74 Å². The minimum atomic E-state index is -0.556. The van der Waals surface area contributed by atoms with E-state index in [9.17, 15) is 9.18 Å². The Hall–Kier alpha value is -1.38. The van der Waals surface area contributed by atoms with Gasteiger partial charge >= 0.3 is 5.97 Å². The van der Waals surface area contributed by atoms with Crippen molar-refractivity contribution in [1.29, 1.82) is 0 Å². The molecule has 0 aliphatic heterocycles. The van der Waals surface area contributed by atoms with Crippen LogP contribution in [0, 0.1) is 5.82 Å². The van der Waals surface area contributed by atoms with E-state index in [2.05, 4.69) is 6.92 Å². The number of hydrogen-bond acceptors (Lipinski definition) is 2. The average Bonchev–Trinajstić information content (AvgIpc) is 2.39. The summed E-state index contributed by atoms with van der Waals surface area (Å²) in [6, 6.07) is 4.59. The minimum absolute atomic E-state index is 0.0461. The van der Waals surface area contributed by atoms with E-state index in [1.54, 1.807) is 12.1 Å². The van der Waals surface area contributed by atoms with Gasteiger partial charge in [0.2, 0.25) is 0 Å². The summed E-state index contributed by atoms with van der Waals surface area (Å²) in [5, 5.41) is 0. The zero-order valence-electron chi connectivity index (χ0n) is 11.2. The fourth-order valence-electron chi connectivity index (χ4n) is 1.72. The van der Waals surface area contributed by atoms with Crippen molar-refractivity contribution in [3.8, 4) is 0 Å². The van der Waals surface area contributed by atoms with Crippen LogP contribution >= 0.6 is 0 Å². The number of benzene rings is 1. The SMILES string of the molecule is CCCCCCOC(=O)c1cc(CC)ccc1F. The Balaban J connectivity index is 2.50. The summed E-state index contributed by atoms with van der Waals surface area (Å²) in [5.41, 5.74) is 0.985. The van der Waals surface area contributed by atoms with Gasteiger partial charge in [-0.2, -0.15) is 0 Å². The molecule has 0 fully saturated rings. The van der Waals surface area contributed by atoms with Crippen LogP contribution in [-0.4, -0.2) is 12.6 Å². The lowest BCUT2D eigenvalue weighted by molar-refractivity contribution is 0.0492. The molecule has 0 saturated carbocycles. The molecule has 0 spiro atoms. The van der Waals surface area contributed by atoms with E-state index < -0.39 is 11.8 Å². The molecule has 0 aliphatic rings. The van der Waals surface area contributed by atoms with Crippen LogP contribution in [0.3, 0.4) is 0 Å². The Morgan fingerprint density at radius 2 is 2.00 bits per heavy atom. The Morgan fingerprint density at radius 3 is 2.67 bits per heavy atom. The number of carbonyl (C=O) groups excluding carboxylic acids is 1. The van der Waals surface area contributed by atoms with Gasteiger partial charge in [0.05, 0.1) is 12.2 Å². The molecule has 0 aliphatic carbocycles. The molecule has 1 aromatic carbocycles. The molecule has 0 atom stereocenters. The summed E-state index contributed by atoms with van der Waals surface area (Å²) in [7, 11) is 0. The third kappa shape index (κ3) is 4.47.